The van der Waals surface area contributed by atoms with Crippen LogP contribution in [0.4, 0.5) is 0 Å². The van der Waals surface area contributed by atoms with Crippen molar-refractivity contribution in [2.75, 3.05) is 13.4 Å². The molecule has 2 saturated carbocycles. The Hall–Kier alpha value is -3.33. The van der Waals surface area contributed by atoms with Crippen molar-refractivity contribution in [1.29, 1.82) is 0 Å². The Morgan fingerprint density at radius 3 is 2.32 bits per heavy atom. The number of nitrogens with one attached hydrogen (secondary N) is 1. The fourth-order valence-electron chi connectivity index (χ4n) is 5.67. The highest BCUT2D eigenvalue weighted by molar-refractivity contribution is 7.89. The number of rotatable bonds is 8. The van der Waals surface area contributed by atoms with Crippen LogP contribution in [0.1, 0.15) is 66.8 Å². The first kappa shape index (κ1) is 25.3. The summed E-state index contributed by atoms with van der Waals surface area (Å²) < 4.78 is 32.9. The molecule has 0 spiro atoms. The number of aromatic nitrogens is 1. The Bertz CT molecular complexity index is 1460. The third-order valence-corrected chi connectivity index (χ3v) is 8.35. The summed E-state index contributed by atoms with van der Waals surface area (Å²) >= 11 is 0. The molecule has 1 heterocycles. The van der Waals surface area contributed by atoms with Crippen molar-refractivity contribution in [2.24, 2.45) is 5.41 Å². The van der Waals surface area contributed by atoms with Gasteiger partial charge >= 0.3 is 5.97 Å². The van der Waals surface area contributed by atoms with Gasteiger partial charge in [0.05, 0.1) is 24.5 Å². The van der Waals surface area contributed by atoms with Crippen molar-refractivity contribution in [2.45, 2.75) is 57.4 Å². The number of aliphatic carboxylic acids is 1. The van der Waals surface area contributed by atoms with Crippen LogP contribution in [-0.4, -0.2) is 43.3 Å². The quantitative estimate of drug-likeness (QED) is 0.432. The lowest BCUT2D eigenvalue weighted by atomic mass is 9.81. The van der Waals surface area contributed by atoms with Crippen LogP contribution in [-0.2, 0) is 21.4 Å². The average molecular weight is 525 g/mol. The summed E-state index contributed by atoms with van der Waals surface area (Å²) in [6.45, 7) is 0.282. The molecule has 2 aromatic carbocycles. The van der Waals surface area contributed by atoms with Gasteiger partial charge < -0.3 is 14.4 Å². The average Bonchev–Trinajstić information content (AvgIpc) is 3.60. The molecule has 3 aromatic rings. The van der Waals surface area contributed by atoms with E-state index in [-0.39, 0.29) is 12.1 Å². The molecular weight excluding hydrogens is 492 g/mol. The number of carbonyl (C=O) groups excluding carboxylic acids is 1. The zero-order valence-corrected chi connectivity index (χ0v) is 21.9. The molecule has 8 nitrogen and oxygen atoms in total. The molecule has 196 valence electrons. The third-order valence-electron chi connectivity index (χ3n) is 7.79. The summed E-state index contributed by atoms with van der Waals surface area (Å²) in [4.78, 5) is 25.0. The lowest BCUT2D eigenvalue weighted by Crippen LogP contribution is -2.29. The number of methoxy groups -OCH3 is 1. The standard InChI is InChI=1S/C28H32N2O6S/c1-36-21-11-8-19(9-12-21)25-24(18-6-4-3-5-7-18)22-13-10-20(26(31)29-37(2,34)35)16-23(22)30(25)17-28(14-15-28)27(32)33/h8-13,16,18H,3-7,14-15,17H2,1-2H3,(H,29,31)(H,32,33). The summed E-state index contributed by atoms with van der Waals surface area (Å²) in [6.07, 6.45) is 7.68. The number of carboxylic acids is 1. The number of fused-ring (bicyclic) bond motifs is 1. The van der Waals surface area contributed by atoms with Crippen molar-refractivity contribution in [1.82, 2.24) is 9.29 Å². The van der Waals surface area contributed by atoms with Crippen LogP contribution in [0, 0.1) is 5.41 Å². The van der Waals surface area contributed by atoms with Crippen molar-refractivity contribution < 1.29 is 27.9 Å². The van der Waals surface area contributed by atoms with Gasteiger partial charge in [-0.3, -0.25) is 9.59 Å². The highest BCUT2D eigenvalue weighted by Gasteiger charge is 2.51. The molecule has 0 atom stereocenters. The van der Waals surface area contributed by atoms with Gasteiger partial charge in [0, 0.05) is 23.0 Å². The maximum Gasteiger partial charge on any atom is 0.311 e. The number of hydrogen-bond donors (Lipinski definition) is 2. The van der Waals surface area contributed by atoms with E-state index >= 15 is 0 Å². The lowest BCUT2D eigenvalue weighted by Gasteiger charge is -2.24. The Morgan fingerprint density at radius 1 is 1.08 bits per heavy atom. The Morgan fingerprint density at radius 2 is 1.76 bits per heavy atom. The first-order valence-electron chi connectivity index (χ1n) is 12.7. The van der Waals surface area contributed by atoms with Crippen LogP contribution in [0.25, 0.3) is 22.2 Å². The first-order chi connectivity index (χ1) is 17.6. The van der Waals surface area contributed by atoms with Crippen molar-refractivity contribution in [3.8, 4) is 17.0 Å². The van der Waals surface area contributed by atoms with Gasteiger partial charge in [0.15, 0.2) is 0 Å². The van der Waals surface area contributed by atoms with Crippen LogP contribution in [0.5, 0.6) is 5.75 Å². The number of carbonyl (C=O) groups is 2. The molecule has 0 bridgehead atoms. The zero-order valence-electron chi connectivity index (χ0n) is 21.1. The Kier molecular flexibility index (Phi) is 6.52. The molecule has 9 heteroatoms. The Labute approximate surface area is 216 Å². The van der Waals surface area contributed by atoms with E-state index in [1.807, 2.05) is 35.1 Å². The number of carboxylic acid groups (broad SMARTS) is 1. The Balaban J connectivity index is 1.76. The molecule has 2 aliphatic rings. The van der Waals surface area contributed by atoms with Gasteiger partial charge in [0.25, 0.3) is 5.91 Å². The van der Waals surface area contributed by atoms with E-state index in [1.165, 1.54) is 12.0 Å². The zero-order chi connectivity index (χ0) is 26.4. The van der Waals surface area contributed by atoms with E-state index in [0.29, 0.717) is 18.8 Å². The maximum atomic E-state index is 12.7. The van der Waals surface area contributed by atoms with Crippen molar-refractivity contribution in [3.05, 3.63) is 53.6 Å². The predicted molar refractivity (Wildman–Crippen MR) is 141 cm³/mol. The molecule has 0 radical (unpaired) electrons. The summed E-state index contributed by atoms with van der Waals surface area (Å²) in [5, 5.41) is 11.0. The summed E-state index contributed by atoms with van der Waals surface area (Å²) in [6, 6.07) is 13.0. The summed E-state index contributed by atoms with van der Waals surface area (Å²) in [5.41, 5.74) is 3.23. The molecule has 1 amide bonds. The molecule has 2 fully saturated rings. The van der Waals surface area contributed by atoms with Crippen molar-refractivity contribution >= 4 is 32.8 Å². The van der Waals surface area contributed by atoms with E-state index in [0.717, 1.165) is 59.8 Å². The van der Waals surface area contributed by atoms with Crippen LogP contribution in [0.3, 0.4) is 0 Å². The van der Waals surface area contributed by atoms with E-state index in [1.54, 1.807) is 19.2 Å². The molecule has 0 saturated heterocycles. The second-order valence-electron chi connectivity index (χ2n) is 10.4. The molecule has 0 unspecified atom stereocenters. The summed E-state index contributed by atoms with van der Waals surface area (Å²) in [7, 11) is -2.11. The van der Waals surface area contributed by atoms with Crippen molar-refractivity contribution in [3.63, 3.8) is 0 Å². The van der Waals surface area contributed by atoms with E-state index in [9.17, 15) is 23.1 Å². The number of nitrogens with zero attached hydrogens (tertiary/aromatic N) is 1. The molecule has 0 aliphatic heterocycles. The minimum absolute atomic E-state index is 0.216. The number of ether oxygens (including phenoxy) is 1. The number of sulfonamides is 1. The molecule has 37 heavy (non-hydrogen) atoms. The second-order valence-corrected chi connectivity index (χ2v) is 12.2. The number of amides is 1. The maximum absolute atomic E-state index is 12.7. The molecule has 2 N–H and O–H groups in total. The van der Waals surface area contributed by atoms with E-state index in [4.69, 9.17) is 4.74 Å². The first-order valence-corrected chi connectivity index (χ1v) is 14.6. The third kappa shape index (κ3) is 4.97. The smallest absolute Gasteiger partial charge is 0.311 e. The van der Waals surface area contributed by atoms with Crippen LogP contribution < -0.4 is 9.46 Å². The number of hydrogen-bond acceptors (Lipinski definition) is 5. The van der Waals surface area contributed by atoms with Crippen LogP contribution in [0.2, 0.25) is 0 Å². The topological polar surface area (TPSA) is 115 Å². The summed E-state index contributed by atoms with van der Waals surface area (Å²) in [5.74, 6) is -0.484. The minimum Gasteiger partial charge on any atom is -0.497 e. The van der Waals surface area contributed by atoms with Gasteiger partial charge in [-0.1, -0.05) is 25.3 Å². The molecule has 1 aromatic heterocycles. The second kappa shape index (κ2) is 9.52. The largest absolute Gasteiger partial charge is 0.497 e. The fraction of sp³-hybridized carbons (Fsp3) is 0.429. The van der Waals surface area contributed by atoms with Crippen LogP contribution >= 0.6 is 0 Å². The normalized spacial score (nSPS) is 17.5. The minimum atomic E-state index is -3.73. The van der Waals surface area contributed by atoms with Gasteiger partial charge in [0.2, 0.25) is 10.0 Å². The monoisotopic (exact) mass is 524 g/mol. The highest BCUT2D eigenvalue weighted by atomic mass is 32.2. The molecule has 2 aliphatic carbocycles. The molecular formula is C28H32N2O6S. The van der Waals surface area contributed by atoms with Gasteiger partial charge in [0.1, 0.15) is 5.75 Å². The van der Waals surface area contributed by atoms with Gasteiger partial charge in [-0.25, -0.2) is 13.1 Å². The predicted octanol–water partition coefficient (Wildman–Crippen LogP) is 4.92. The van der Waals surface area contributed by atoms with E-state index < -0.39 is 27.3 Å². The highest BCUT2D eigenvalue weighted by Crippen LogP contribution is 2.51. The van der Waals surface area contributed by atoms with E-state index in [2.05, 4.69) is 4.57 Å². The number of benzene rings is 2. The lowest BCUT2D eigenvalue weighted by molar-refractivity contribution is -0.143. The SMILES string of the molecule is COc1ccc(-c2c(C3CCCCC3)c3ccc(C(=O)NS(C)(=O)=O)cc3n2CC2(C(=O)O)CC2)cc1. The fourth-order valence-corrected chi connectivity index (χ4v) is 6.12. The van der Waals surface area contributed by atoms with Gasteiger partial charge in [-0.15, -0.1) is 0 Å². The van der Waals surface area contributed by atoms with Gasteiger partial charge in [-0.05, 0) is 79.1 Å². The van der Waals surface area contributed by atoms with Crippen LogP contribution in [0.15, 0.2) is 42.5 Å². The van der Waals surface area contributed by atoms with Gasteiger partial charge in [-0.2, -0.15) is 0 Å². The molecule has 5 rings (SSSR count).